The number of H-pyrrole nitrogens is 1. The van der Waals surface area contributed by atoms with Crippen LogP contribution in [-0.2, 0) is 13.0 Å². The summed E-state index contributed by atoms with van der Waals surface area (Å²) in [6.45, 7) is 4.60. The van der Waals surface area contributed by atoms with Crippen molar-refractivity contribution in [3.63, 3.8) is 0 Å². The van der Waals surface area contributed by atoms with Gasteiger partial charge >= 0.3 is 0 Å². The molecule has 0 aromatic carbocycles. The van der Waals surface area contributed by atoms with Gasteiger partial charge in [0.15, 0.2) is 0 Å². The highest BCUT2D eigenvalue weighted by molar-refractivity contribution is 5.92. The van der Waals surface area contributed by atoms with Crippen LogP contribution in [0.4, 0.5) is 0 Å². The van der Waals surface area contributed by atoms with E-state index < -0.39 is 0 Å². The first-order chi connectivity index (χ1) is 10.8. The van der Waals surface area contributed by atoms with Crippen molar-refractivity contribution in [2.75, 3.05) is 13.1 Å². The van der Waals surface area contributed by atoms with E-state index in [0.717, 1.165) is 51.0 Å². The minimum atomic E-state index is 0.0594. The molecule has 1 atom stereocenters. The van der Waals surface area contributed by atoms with Gasteiger partial charge in [0.2, 0.25) is 0 Å². The number of carbonyl (C=O) groups excluding carboxylic acids is 1. The minimum Gasteiger partial charge on any atom is -0.337 e. The quantitative estimate of drug-likeness (QED) is 0.919. The van der Waals surface area contributed by atoms with Gasteiger partial charge in [0.05, 0.1) is 0 Å². The third-order valence-corrected chi connectivity index (χ3v) is 4.19. The monoisotopic (exact) mass is 301 g/mol. The molecule has 0 radical (unpaired) electrons. The third-order valence-electron chi connectivity index (χ3n) is 4.19. The molecule has 1 fully saturated rings. The number of rotatable bonds is 5. The number of aromatic nitrogens is 4. The molecule has 6 heteroatoms. The molecule has 118 valence electrons. The second-order valence-electron chi connectivity index (χ2n) is 6.01. The van der Waals surface area contributed by atoms with Gasteiger partial charge in [-0.15, -0.1) is 0 Å². The molecule has 3 heterocycles. The van der Waals surface area contributed by atoms with Gasteiger partial charge in [-0.2, -0.15) is 10.2 Å². The molecule has 1 N–H and O–H groups in total. The average Bonchev–Trinajstić information content (AvgIpc) is 3.19. The summed E-state index contributed by atoms with van der Waals surface area (Å²) in [6.07, 6.45) is 7.86. The maximum Gasteiger partial charge on any atom is 0.274 e. The third kappa shape index (κ3) is 3.37. The second kappa shape index (κ2) is 6.77. The number of hydrogen-bond acceptors (Lipinski definition) is 3. The van der Waals surface area contributed by atoms with Crippen molar-refractivity contribution >= 4 is 5.91 Å². The number of nitrogens with one attached hydrogen (secondary N) is 1. The molecule has 1 aliphatic heterocycles. The summed E-state index contributed by atoms with van der Waals surface area (Å²) in [7, 11) is 0. The molecular formula is C16H23N5O. The van der Waals surface area contributed by atoms with Crippen molar-refractivity contribution in [2.24, 2.45) is 5.92 Å². The second-order valence-corrected chi connectivity index (χ2v) is 6.01. The predicted octanol–water partition coefficient (Wildman–Crippen LogP) is 2.11. The van der Waals surface area contributed by atoms with Crippen LogP contribution in [0.2, 0.25) is 0 Å². The van der Waals surface area contributed by atoms with Crippen LogP contribution in [0.5, 0.6) is 0 Å². The normalized spacial score (nSPS) is 18.6. The van der Waals surface area contributed by atoms with Crippen molar-refractivity contribution in [3.05, 3.63) is 35.9 Å². The lowest BCUT2D eigenvalue weighted by Crippen LogP contribution is -2.40. The number of likely N-dealkylation sites (tertiary alicyclic amines) is 1. The van der Waals surface area contributed by atoms with Crippen LogP contribution in [0, 0.1) is 5.92 Å². The SMILES string of the molecule is CCCn1ccc(C(=O)N2CCC[C@H](Cc3ccn[nH]3)C2)n1. The van der Waals surface area contributed by atoms with Gasteiger partial charge in [-0.1, -0.05) is 6.92 Å². The zero-order valence-corrected chi connectivity index (χ0v) is 13.0. The van der Waals surface area contributed by atoms with Crippen LogP contribution in [0.1, 0.15) is 42.4 Å². The Morgan fingerprint density at radius 2 is 2.36 bits per heavy atom. The maximum atomic E-state index is 12.6. The number of piperidine rings is 1. The summed E-state index contributed by atoms with van der Waals surface area (Å²) in [5.41, 5.74) is 1.71. The molecule has 2 aromatic rings. The van der Waals surface area contributed by atoms with Crippen LogP contribution < -0.4 is 0 Å². The highest BCUT2D eigenvalue weighted by Crippen LogP contribution is 2.21. The van der Waals surface area contributed by atoms with Gasteiger partial charge in [-0.05, 0) is 43.7 Å². The molecule has 1 amide bonds. The van der Waals surface area contributed by atoms with Crippen LogP contribution in [0.3, 0.4) is 0 Å². The first kappa shape index (κ1) is 14.8. The Labute approximate surface area is 130 Å². The van der Waals surface area contributed by atoms with E-state index in [1.807, 2.05) is 27.9 Å². The Balaban J connectivity index is 1.61. The Kier molecular flexibility index (Phi) is 4.56. The van der Waals surface area contributed by atoms with Crippen molar-refractivity contribution in [2.45, 2.75) is 39.2 Å². The molecule has 0 unspecified atom stereocenters. The Morgan fingerprint density at radius 3 is 3.14 bits per heavy atom. The fourth-order valence-electron chi connectivity index (χ4n) is 3.12. The number of amides is 1. The molecule has 1 saturated heterocycles. The van der Waals surface area contributed by atoms with E-state index in [0.29, 0.717) is 11.6 Å². The van der Waals surface area contributed by atoms with Gasteiger partial charge in [0.1, 0.15) is 5.69 Å². The van der Waals surface area contributed by atoms with E-state index in [4.69, 9.17) is 0 Å². The van der Waals surface area contributed by atoms with Crippen LogP contribution in [0.25, 0.3) is 0 Å². The Bertz CT molecular complexity index is 604. The molecule has 0 saturated carbocycles. The minimum absolute atomic E-state index is 0.0594. The summed E-state index contributed by atoms with van der Waals surface area (Å²) in [4.78, 5) is 14.5. The summed E-state index contributed by atoms with van der Waals surface area (Å²) in [5, 5.41) is 11.4. The lowest BCUT2D eigenvalue weighted by Gasteiger charge is -2.32. The van der Waals surface area contributed by atoms with Crippen LogP contribution >= 0.6 is 0 Å². The lowest BCUT2D eigenvalue weighted by molar-refractivity contribution is 0.0666. The maximum absolute atomic E-state index is 12.6. The first-order valence-electron chi connectivity index (χ1n) is 8.07. The topological polar surface area (TPSA) is 66.8 Å². The first-order valence-corrected chi connectivity index (χ1v) is 8.07. The molecule has 2 aromatic heterocycles. The van der Waals surface area contributed by atoms with Gasteiger partial charge in [-0.3, -0.25) is 14.6 Å². The standard InChI is InChI=1S/C16H23N5O/c1-2-8-21-10-6-15(19-21)16(22)20-9-3-4-13(12-20)11-14-5-7-17-18-14/h5-7,10,13H,2-4,8-9,11-12H2,1H3,(H,17,18)/t13-/m1/s1. The predicted molar refractivity (Wildman–Crippen MR) is 83.4 cm³/mol. The molecule has 22 heavy (non-hydrogen) atoms. The van der Waals surface area contributed by atoms with Crippen molar-refractivity contribution < 1.29 is 4.79 Å². The smallest absolute Gasteiger partial charge is 0.274 e. The van der Waals surface area contributed by atoms with Gasteiger partial charge in [0.25, 0.3) is 5.91 Å². The van der Waals surface area contributed by atoms with E-state index in [2.05, 4.69) is 22.2 Å². The van der Waals surface area contributed by atoms with Crippen molar-refractivity contribution in [3.8, 4) is 0 Å². The lowest BCUT2D eigenvalue weighted by atomic mass is 9.93. The summed E-state index contributed by atoms with van der Waals surface area (Å²) in [5.74, 6) is 0.556. The largest absolute Gasteiger partial charge is 0.337 e. The summed E-state index contributed by atoms with van der Waals surface area (Å²) in [6, 6.07) is 3.84. The number of aromatic amines is 1. The van der Waals surface area contributed by atoms with E-state index in [1.165, 1.54) is 0 Å². The Hall–Kier alpha value is -2.11. The molecule has 0 spiro atoms. The van der Waals surface area contributed by atoms with Crippen molar-refractivity contribution in [1.29, 1.82) is 0 Å². The summed E-state index contributed by atoms with van der Waals surface area (Å²) < 4.78 is 1.85. The zero-order valence-electron chi connectivity index (χ0n) is 13.0. The highest BCUT2D eigenvalue weighted by atomic mass is 16.2. The molecule has 3 rings (SSSR count). The Morgan fingerprint density at radius 1 is 1.45 bits per heavy atom. The fourth-order valence-corrected chi connectivity index (χ4v) is 3.12. The van der Waals surface area contributed by atoms with E-state index in [9.17, 15) is 4.79 Å². The van der Waals surface area contributed by atoms with E-state index in [-0.39, 0.29) is 5.91 Å². The molecular weight excluding hydrogens is 278 g/mol. The fraction of sp³-hybridized carbons (Fsp3) is 0.562. The van der Waals surface area contributed by atoms with Crippen LogP contribution in [0.15, 0.2) is 24.5 Å². The van der Waals surface area contributed by atoms with Gasteiger partial charge in [0, 0.05) is 37.7 Å². The van der Waals surface area contributed by atoms with Crippen LogP contribution in [-0.4, -0.2) is 43.9 Å². The number of aryl methyl sites for hydroxylation is 1. The van der Waals surface area contributed by atoms with E-state index in [1.54, 1.807) is 6.20 Å². The molecule has 0 bridgehead atoms. The van der Waals surface area contributed by atoms with Gasteiger partial charge in [-0.25, -0.2) is 0 Å². The number of nitrogens with zero attached hydrogens (tertiary/aromatic N) is 4. The molecule has 6 nitrogen and oxygen atoms in total. The average molecular weight is 301 g/mol. The van der Waals surface area contributed by atoms with Crippen molar-refractivity contribution in [1.82, 2.24) is 24.9 Å². The zero-order chi connectivity index (χ0) is 15.4. The van der Waals surface area contributed by atoms with Gasteiger partial charge < -0.3 is 4.90 Å². The number of hydrogen-bond donors (Lipinski definition) is 1. The highest BCUT2D eigenvalue weighted by Gasteiger charge is 2.26. The molecule has 1 aliphatic rings. The van der Waals surface area contributed by atoms with E-state index >= 15 is 0 Å². The summed E-state index contributed by atoms with van der Waals surface area (Å²) >= 11 is 0. The number of carbonyl (C=O) groups is 1. The molecule has 0 aliphatic carbocycles.